The maximum Gasteiger partial charge on any atom is 0.341 e. The summed E-state index contributed by atoms with van der Waals surface area (Å²) >= 11 is 5.86. The Morgan fingerprint density at radius 2 is 1.95 bits per heavy atom. The number of halogens is 1. The summed E-state index contributed by atoms with van der Waals surface area (Å²) in [4.78, 5) is 11.9. The number of nitrogens with zero attached hydrogens (tertiary/aromatic N) is 2. The SMILES string of the molecule is CCOC(=O)c1c(C)nn(-c2ccc(Cl)cc2)c1C. The van der Waals surface area contributed by atoms with E-state index in [0.717, 1.165) is 11.4 Å². The minimum atomic E-state index is -0.335. The third kappa shape index (κ3) is 2.63. The zero-order valence-electron chi connectivity index (χ0n) is 11.1. The largest absolute Gasteiger partial charge is 0.462 e. The summed E-state index contributed by atoms with van der Waals surface area (Å²) < 4.78 is 6.76. The lowest BCUT2D eigenvalue weighted by Crippen LogP contribution is -2.07. The van der Waals surface area contributed by atoms with E-state index >= 15 is 0 Å². The van der Waals surface area contributed by atoms with Gasteiger partial charge in [0.1, 0.15) is 5.56 Å². The monoisotopic (exact) mass is 278 g/mol. The van der Waals surface area contributed by atoms with Crippen LogP contribution in [0.2, 0.25) is 5.02 Å². The van der Waals surface area contributed by atoms with Crippen molar-refractivity contribution < 1.29 is 9.53 Å². The second kappa shape index (κ2) is 5.45. The van der Waals surface area contributed by atoms with E-state index in [0.29, 0.717) is 22.9 Å². The van der Waals surface area contributed by atoms with Crippen molar-refractivity contribution in [3.8, 4) is 5.69 Å². The van der Waals surface area contributed by atoms with Gasteiger partial charge in [-0.25, -0.2) is 9.48 Å². The molecule has 1 heterocycles. The molecule has 19 heavy (non-hydrogen) atoms. The van der Waals surface area contributed by atoms with Gasteiger partial charge in [-0.2, -0.15) is 5.10 Å². The quantitative estimate of drug-likeness (QED) is 0.809. The highest BCUT2D eigenvalue weighted by atomic mass is 35.5. The number of aromatic nitrogens is 2. The number of benzene rings is 1. The fourth-order valence-corrected chi connectivity index (χ4v) is 2.10. The molecule has 0 fully saturated rings. The highest BCUT2D eigenvalue weighted by Gasteiger charge is 2.20. The number of carbonyl (C=O) groups excluding carboxylic acids is 1. The first-order chi connectivity index (χ1) is 9.04. The predicted molar refractivity (Wildman–Crippen MR) is 74.0 cm³/mol. The molecule has 0 atom stereocenters. The van der Waals surface area contributed by atoms with Crippen LogP contribution in [0, 0.1) is 13.8 Å². The van der Waals surface area contributed by atoms with Gasteiger partial charge in [-0.3, -0.25) is 0 Å². The van der Waals surface area contributed by atoms with Gasteiger partial charge in [0.15, 0.2) is 0 Å². The van der Waals surface area contributed by atoms with Gasteiger partial charge in [0.05, 0.1) is 23.7 Å². The van der Waals surface area contributed by atoms with E-state index in [4.69, 9.17) is 16.3 Å². The van der Waals surface area contributed by atoms with Crippen molar-refractivity contribution in [1.82, 2.24) is 9.78 Å². The number of esters is 1. The summed E-state index contributed by atoms with van der Waals surface area (Å²) in [6.07, 6.45) is 0. The predicted octanol–water partition coefficient (Wildman–Crippen LogP) is 3.32. The lowest BCUT2D eigenvalue weighted by Gasteiger charge is -2.05. The molecular formula is C14H15ClN2O2. The number of hydrogen-bond acceptors (Lipinski definition) is 3. The van der Waals surface area contributed by atoms with Gasteiger partial charge in [0.25, 0.3) is 0 Å². The van der Waals surface area contributed by atoms with Gasteiger partial charge in [-0.05, 0) is 45.0 Å². The Kier molecular flexibility index (Phi) is 3.90. The topological polar surface area (TPSA) is 44.1 Å². The molecule has 0 saturated heterocycles. The molecule has 2 rings (SSSR count). The van der Waals surface area contributed by atoms with Crippen LogP contribution in [0.3, 0.4) is 0 Å². The highest BCUT2D eigenvalue weighted by molar-refractivity contribution is 6.30. The van der Waals surface area contributed by atoms with E-state index in [1.165, 1.54) is 0 Å². The first-order valence-electron chi connectivity index (χ1n) is 6.04. The first kappa shape index (κ1) is 13.6. The Bertz CT molecular complexity index is 603. The van der Waals surface area contributed by atoms with Gasteiger partial charge in [0, 0.05) is 5.02 Å². The summed E-state index contributed by atoms with van der Waals surface area (Å²) in [7, 11) is 0. The van der Waals surface area contributed by atoms with Gasteiger partial charge >= 0.3 is 5.97 Å². The van der Waals surface area contributed by atoms with Crippen molar-refractivity contribution in [2.45, 2.75) is 20.8 Å². The van der Waals surface area contributed by atoms with Crippen LogP contribution < -0.4 is 0 Å². The summed E-state index contributed by atoms with van der Waals surface area (Å²) in [5.41, 5.74) is 2.81. The Hall–Kier alpha value is -1.81. The molecule has 0 bridgehead atoms. The minimum Gasteiger partial charge on any atom is -0.462 e. The van der Waals surface area contributed by atoms with E-state index < -0.39 is 0 Å². The molecule has 2 aromatic rings. The first-order valence-corrected chi connectivity index (χ1v) is 6.41. The molecule has 1 aromatic heterocycles. The summed E-state index contributed by atoms with van der Waals surface area (Å²) in [6.45, 7) is 5.78. The van der Waals surface area contributed by atoms with Crippen LogP contribution in [0.4, 0.5) is 0 Å². The number of hydrogen-bond donors (Lipinski definition) is 0. The summed E-state index contributed by atoms with van der Waals surface area (Å²) in [6, 6.07) is 7.29. The molecule has 0 aliphatic heterocycles. The minimum absolute atomic E-state index is 0.335. The maximum atomic E-state index is 11.9. The second-order valence-electron chi connectivity index (χ2n) is 4.15. The third-order valence-corrected chi connectivity index (χ3v) is 3.09. The van der Waals surface area contributed by atoms with Crippen LogP contribution in [-0.2, 0) is 4.74 Å². The normalized spacial score (nSPS) is 10.5. The van der Waals surface area contributed by atoms with Gasteiger partial charge < -0.3 is 4.74 Å². The van der Waals surface area contributed by atoms with Crippen molar-refractivity contribution in [3.63, 3.8) is 0 Å². The molecule has 0 spiro atoms. The van der Waals surface area contributed by atoms with E-state index in [-0.39, 0.29) is 5.97 Å². The molecule has 5 heteroatoms. The smallest absolute Gasteiger partial charge is 0.341 e. The van der Waals surface area contributed by atoms with Crippen molar-refractivity contribution in [2.75, 3.05) is 6.61 Å². The lowest BCUT2D eigenvalue weighted by molar-refractivity contribution is 0.0524. The molecule has 0 unspecified atom stereocenters. The van der Waals surface area contributed by atoms with Gasteiger partial charge in [0.2, 0.25) is 0 Å². The summed E-state index contributed by atoms with van der Waals surface area (Å²) in [5, 5.41) is 5.05. The Morgan fingerprint density at radius 3 is 2.53 bits per heavy atom. The molecule has 0 N–H and O–H groups in total. The molecule has 0 aliphatic rings. The van der Waals surface area contributed by atoms with E-state index in [2.05, 4.69) is 5.10 Å². The molecule has 4 nitrogen and oxygen atoms in total. The van der Waals surface area contributed by atoms with Gasteiger partial charge in [-0.1, -0.05) is 11.6 Å². The Morgan fingerprint density at radius 1 is 1.32 bits per heavy atom. The average Bonchev–Trinajstić information content (AvgIpc) is 2.66. The van der Waals surface area contributed by atoms with Crippen molar-refractivity contribution in [2.24, 2.45) is 0 Å². The Labute approximate surface area is 116 Å². The molecule has 0 amide bonds. The number of rotatable bonds is 3. The van der Waals surface area contributed by atoms with Crippen LogP contribution in [0.25, 0.3) is 5.69 Å². The lowest BCUT2D eigenvalue weighted by atomic mass is 10.2. The second-order valence-corrected chi connectivity index (χ2v) is 4.59. The highest BCUT2D eigenvalue weighted by Crippen LogP contribution is 2.20. The van der Waals surface area contributed by atoms with Crippen LogP contribution in [0.1, 0.15) is 28.7 Å². The maximum absolute atomic E-state index is 11.9. The zero-order chi connectivity index (χ0) is 14.0. The zero-order valence-corrected chi connectivity index (χ0v) is 11.9. The van der Waals surface area contributed by atoms with E-state index in [1.54, 1.807) is 30.7 Å². The molecule has 100 valence electrons. The molecule has 0 aliphatic carbocycles. The average molecular weight is 279 g/mol. The van der Waals surface area contributed by atoms with Crippen LogP contribution in [0.5, 0.6) is 0 Å². The van der Waals surface area contributed by atoms with Crippen molar-refractivity contribution in [3.05, 3.63) is 46.2 Å². The summed E-state index contributed by atoms with van der Waals surface area (Å²) in [5.74, 6) is -0.335. The molecule has 1 aromatic carbocycles. The Balaban J connectivity index is 2.46. The number of ether oxygens (including phenoxy) is 1. The van der Waals surface area contributed by atoms with E-state index in [1.807, 2.05) is 19.1 Å². The molecule has 0 radical (unpaired) electrons. The molecule has 0 saturated carbocycles. The standard InChI is InChI=1S/C14H15ClN2O2/c1-4-19-14(18)13-9(2)16-17(10(13)3)12-7-5-11(15)6-8-12/h5-8H,4H2,1-3H3. The van der Waals surface area contributed by atoms with E-state index in [9.17, 15) is 4.79 Å². The number of carbonyl (C=O) groups is 1. The van der Waals surface area contributed by atoms with Crippen LogP contribution in [0.15, 0.2) is 24.3 Å². The van der Waals surface area contributed by atoms with Crippen molar-refractivity contribution >= 4 is 17.6 Å². The third-order valence-electron chi connectivity index (χ3n) is 2.84. The van der Waals surface area contributed by atoms with Crippen molar-refractivity contribution in [1.29, 1.82) is 0 Å². The van der Waals surface area contributed by atoms with Crippen LogP contribution in [-0.4, -0.2) is 22.4 Å². The van der Waals surface area contributed by atoms with Gasteiger partial charge in [-0.15, -0.1) is 0 Å². The van der Waals surface area contributed by atoms with Crippen LogP contribution >= 0.6 is 11.6 Å². The fraction of sp³-hybridized carbons (Fsp3) is 0.286. The number of aryl methyl sites for hydroxylation is 1. The fourth-order valence-electron chi connectivity index (χ4n) is 1.98. The molecular weight excluding hydrogens is 264 g/mol.